The molecule has 24 heavy (non-hydrogen) atoms. The van der Waals surface area contributed by atoms with Gasteiger partial charge in [0.15, 0.2) is 0 Å². The molecule has 1 fully saturated rings. The summed E-state index contributed by atoms with van der Waals surface area (Å²) in [5, 5.41) is 23.8. The molecule has 7 nitrogen and oxygen atoms in total. The maximum absolute atomic E-state index is 11.4. The fraction of sp³-hybridized carbons (Fsp3) is 0.353. The highest BCUT2D eigenvalue weighted by Crippen LogP contribution is 2.28. The molecule has 1 aliphatic heterocycles. The Morgan fingerprint density at radius 3 is 2.58 bits per heavy atom. The van der Waals surface area contributed by atoms with E-state index in [0.29, 0.717) is 12.2 Å². The molecule has 0 atom stereocenters. The van der Waals surface area contributed by atoms with Crippen molar-refractivity contribution in [3.8, 4) is 0 Å². The maximum atomic E-state index is 11.4. The van der Waals surface area contributed by atoms with Gasteiger partial charge in [-0.05, 0) is 12.6 Å². The molecule has 128 valence electrons. The summed E-state index contributed by atoms with van der Waals surface area (Å²) >= 11 is 0. The van der Waals surface area contributed by atoms with Crippen LogP contribution in [0.2, 0.25) is 0 Å². The average molecular weight is 328 g/mol. The van der Waals surface area contributed by atoms with Crippen LogP contribution in [0.25, 0.3) is 0 Å². The molecule has 7 heteroatoms. The molecule has 0 bridgehead atoms. The Kier molecular flexibility index (Phi) is 5.14. The van der Waals surface area contributed by atoms with Crippen LogP contribution in [0.4, 0.5) is 17.2 Å². The predicted molar refractivity (Wildman–Crippen MR) is 95.3 cm³/mol. The van der Waals surface area contributed by atoms with Crippen LogP contribution in [-0.4, -0.2) is 48.3 Å². The molecule has 1 saturated heterocycles. The Morgan fingerprint density at radius 2 is 1.92 bits per heavy atom. The molecule has 2 aromatic rings. The summed E-state index contributed by atoms with van der Waals surface area (Å²) in [5.74, 6) is 0.810. The number of rotatable bonds is 5. The molecular formula is C17H22N5O2-. The van der Waals surface area contributed by atoms with E-state index in [1.807, 2.05) is 36.4 Å². The van der Waals surface area contributed by atoms with E-state index in [9.17, 15) is 10.4 Å². The fourth-order valence-electron chi connectivity index (χ4n) is 2.73. The summed E-state index contributed by atoms with van der Waals surface area (Å²) in [6.07, 6.45) is 1.41. The van der Waals surface area contributed by atoms with Crippen molar-refractivity contribution in [1.29, 1.82) is 0 Å². The summed E-state index contributed by atoms with van der Waals surface area (Å²) in [6, 6.07) is 11.7. The van der Waals surface area contributed by atoms with Gasteiger partial charge in [0.05, 0.1) is 17.6 Å². The zero-order valence-electron chi connectivity index (χ0n) is 13.7. The van der Waals surface area contributed by atoms with Crippen molar-refractivity contribution in [2.75, 3.05) is 48.7 Å². The number of hydrogen-bond donors (Lipinski definition) is 2. The third-order valence-electron chi connectivity index (χ3n) is 4.23. The molecule has 2 heterocycles. The third-order valence-corrected chi connectivity index (χ3v) is 4.23. The molecule has 0 aliphatic carbocycles. The number of pyridine rings is 1. The SMILES string of the molecule is CN1CCN(c2cc(NCc3ccccc3)c(N([O-])O)cn2)CC1. The van der Waals surface area contributed by atoms with E-state index in [1.54, 1.807) is 0 Å². The van der Waals surface area contributed by atoms with Crippen LogP contribution < -0.4 is 15.4 Å². The van der Waals surface area contributed by atoms with E-state index in [2.05, 4.69) is 27.1 Å². The van der Waals surface area contributed by atoms with Crippen molar-refractivity contribution < 1.29 is 5.21 Å². The van der Waals surface area contributed by atoms with Gasteiger partial charge >= 0.3 is 0 Å². The van der Waals surface area contributed by atoms with Gasteiger partial charge in [0.1, 0.15) is 5.82 Å². The van der Waals surface area contributed by atoms with Gasteiger partial charge in [0.2, 0.25) is 0 Å². The Morgan fingerprint density at radius 1 is 1.21 bits per heavy atom. The summed E-state index contributed by atoms with van der Waals surface area (Å²) < 4.78 is 0. The predicted octanol–water partition coefficient (Wildman–Crippen LogP) is 2.14. The number of nitrogens with one attached hydrogen (secondary N) is 1. The minimum Gasteiger partial charge on any atom is -0.733 e. The smallest absolute Gasteiger partial charge is 0.130 e. The van der Waals surface area contributed by atoms with E-state index >= 15 is 0 Å². The Bertz CT molecular complexity index is 657. The molecule has 2 N–H and O–H groups in total. The average Bonchev–Trinajstić information content (AvgIpc) is 2.61. The first-order valence-electron chi connectivity index (χ1n) is 8.01. The summed E-state index contributed by atoms with van der Waals surface area (Å²) in [4.78, 5) is 8.78. The van der Waals surface area contributed by atoms with Gasteiger partial charge in [-0.3, -0.25) is 5.21 Å². The maximum Gasteiger partial charge on any atom is 0.130 e. The minimum absolute atomic E-state index is 0.115. The van der Waals surface area contributed by atoms with Gasteiger partial charge in [-0.25, -0.2) is 4.98 Å². The van der Waals surface area contributed by atoms with Crippen molar-refractivity contribution in [3.63, 3.8) is 0 Å². The number of anilines is 3. The van der Waals surface area contributed by atoms with Gasteiger partial charge in [0, 0.05) is 38.8 Å². The summed E-state index contributed by atoms with van der Waals surface area (Å²) in [7, 11) is 2.10. The van der Waals surface area contributed by atoms with E-state index < -0.39 is 0 Å². The number of piperazine rings is 1. The van der Waals surface area contributed by atoms with Crippen LogP contribution in [0.5, 0.6) is 0 Å². The molecule has 1 aromatic carbocycles. The molecule has 0 radical (unpaired) electrons. The molecule has 0 spiro atoms. The second-order valence-electron chi connectivity index (χ2n) is 5.96. The lowest BCUT2D eigenvalue weighted by Crippen LogP contribution is -2.44. The van der Waals surface area contributed by atoms with E-state index in [4.69, 9.17) is 0 Å². The second kappa shape index (κ2) is 7.48. The highest BCUT2D eigenvalue weighted by molar-refractivity contribution is 5.72. The largest absolute Gasteiger partial charge is 0.733 e. The van der Waals surface area contributed by atoms with Crippen molar-refractivity contribution in [3.05, 3.63) is 53.4 Å². The number of nitrogens with zero attached hydrogens (tertiary/aromatic N) is 4. The van der Waals surface area contributed by atoms with Gasteiger partial charge in [-0.1, -0.05) is 30.3 Å². The quantitative estimate of drug-likeness (QED) is 0.814. The number of likely N-dealkylation sites (N-methyl/N-ethyl adjacent to an activating group) is 1. The molecule has 0 amide bonds. The summed E-state index contributed by atoms with van der Waals surface area (Å²) in [6.45, 7) is 4.30. The number of hydrogen-bond acceptors (Lipinski definition) is 7. The molecule has 1 aromatic heterocycles. The topological polar surface area (TPSA) is 77.9 Å². The van der Waals surface area contributed by atoms with E-state index in [-0.39, 0.29) is 10.9 Å². The molecule has 3 rings (SSSR count). The van der Waals surface area contributed by atoms with Crippen LogP contribution in [0.3, 0.4) is 0 Å². The first kappa shape index (κ1) is 16.5. The van der Waals surface area contributed by atoms with E-state index in [0.717, 1.165) is 37.6 Å². The van der Waals surface area contributed by atoms with Crippen LogP contribution in [0, 0.1) is 5.21 Å². The van der Waals surface area contributed by atoms with Crippen LogP contribution in [0.1, 0.15) is 5.56 Å². The van der Waals surface area contributed by atoms with Gasteiger partial charge in [0.25, 0.3) is 0 Å². The highest BCUT2D eigenvalue weighted by Gasteiger charge is 2.17. The van der Waals surface area contributed by atoms with E-state index in [1.165, 1.54) is 6.20 Å². The fourth-order valence-corrected chi connectivity index (χ4v) is 2.73. The molecule has 1 aliphatic rings. The van der Waals surface area contributed by atoms with Gasteiger partial charge in [-0.2, -0.15) is 0 Å². The minimum atomic E-state index is -0.145. The molecular weight excluding hydrogens is 306 g/mol. The lowest BCUT2D eigenvalue weighted by molar-refractivity contribution is 0.296. The second-order valence-corrected chi connectivity index (χ2v) is 5.96. The zero-order valence-corrected chi connectivity index (χ0v) is 13.7. The van der Waals surface area contributed by atoms with Gasteiger partial charge in [-0.15, -0.1) is 0 Å². The molecule has 0 unspecified atom stereocenters. The number of aromatic nitrogens is 1. The van der Waals surface area contributed by atoms with Crippen molar-refractivity contribution in [2.45, 2.75) is 6.54 Å². The standard InChI is InChI=1S/C17H22N5O2/c1-20-7-9-21(10-8-20)17-11-15(16(13-19-17)22(23)24)18-12-14-5-3-2-4-6-14/h2-6,11,13,23H,7-10,12H2,1H3,(H,18,19)/q-1. The molecule has 0 saturated carbocycles. The lowest BCUT2D eigenvalue weighted by Gasteiger charge is -2.34. The lowest BCUT2D eigenvalue weighted by atomic mass is 10.2. The normalized spacial score (nSPS) is 15.4. The van der Waals surface area contributed by atoms with Crippen LogP contribution in [0.15, 0.2) is 42.6 Å². The van der Waals surface area contributed by atoms with Crippen molar-refractivity contribution in [2.24, 2.45) is 0 Å². The van der Waals surface area contributed by atoms with Crippen LogP contribution in [-0.2, 0) is 6.54 Å². The van der Waals surface area contributed by atoms with Crippen molar-refractivity contribution in [1.82, 2.24) is 9.88 Å². The zero-order chi connectivity index (χ0) is 16.9. The van der Waals surface area contributed by atoms with Crippen molar-refractivity contribution >= 4 is 17.2 Å². The van der Waals surface area contributed by atoms with Gasteiger partial charge < -0.3 is 25.6 Å². The number of benzene rings is 1. The Balaban J connectivity index is 1.78. The Labute approximate surface area is 141 Å². The summed E-state index contributed by atoms with van der Waals surface area (Å²) in [5.41, 5.74) is 1.78. The highest BCUT2D eigenvalue weighted by atomic mass is 16.8. The third kappa shape index (κ3) is 3.94. The van der Waals surface area contributed by atoms with Crippen LogP contribution >= 0.6 is 0 Å². The first-order chi connectivity index (χ1) is 11.6. The monoisotopic (exact) mass is 328 g/mol. The Hall–Kier alpha value is -2.35. The first-order valence-corrected chi connectivity index (χ1v) is 8.01.